The van der Waals surface area contributed by atoms with Crippen LogP contribution in [0.3, 0.4) is 0 Å². The van der Waals surface area contributed by atoms with Crippen LogP contribution >= 0.6 is 0 Å². The number of anilines is 2. The quantitative estimate of drug-likeness (QED) is 0.628. The summed E-state index contributed by atoms with van der Waals surface area (Å²) >= 11 is 0. The van der Waals surface area contributed by atoms with E-state index in [4.69, 9.17) is 0 Å². The van der Waals surface area contributed by atoms with Gasteiger partial charge in [0.1, 0.15) is 5.69 Å². The van der Waals surface area contributed by atoms with Gasteiger partial charge in [-0.25, -0.2) is 0 Å². The lowest BCUT2D eigenvalue weighted by Crippen LogP contribution is -2.33. The standard InChI is InChI=1S/C21H25N3O3/c1-14-8-10-23(11-9-14)19-7-6-17(13-20(19)24(26)27)21(25)22-18-12-15(2)4-5-16(18)3/h4-7,12-14H,8-11H2,1-3H3,(H,22,25). The third kappa shape index (κ3) is 4.27. The molecule has 27 heavy (non-hydrogen) atoms. The summed E-state index contributed by atoms with van der Waals surface area (Å²) in [6.45, 7) is 7.67. The Morgan fingerprint density at radius 1 is 1.15 bits per heavy atom. The second-order valence-corrected chi connectivity index (χ2v) is 7.40. The Kier molecular flexibility index (Phi) is 5.44. The molecular weight excluding hydrogens is 342 g/mol. The van der Waals surface area contributed by atoms with Gasteiger partial charge in [-0.2, -0.15) is 0 Å². The van der Waals surface area contributed by atoms with Gasteiger partial charge in [0.25, 0.3) is 11.6 Å². The van der Waals surface area contributed by atoms with Crippen molar-refractivity contribution in [3.8, 4) is 0 Å². The predicted molar refractivity (Wildman–Crippen MR) is 108 cm³/mol. The van der Waals surface area contributed by atoms with Crippen molar-refractivity contribution in [2.24, 2.45) is 5.92 Å². The van der Waals surface area contributed by atoms with Gasteiger partial charge in [0.2, 0.25) is 0 Å². The van der Waals surface area contributed by atoms with Crippen molar-refractivity contribution in [2.75, 3.05) is 23.3 Å². The molecule has 0 bridgehead atoms. The van der Waals surface area contributed by atoms with Gasteiger partial charge in [0.15, 0.2) is 0 Å². The van der Waals surface area contributed by atoms with Crippen LogP contribution in [0.15, 0.2) is 36.4 Å². The zero-order valence-corrected chi connectivity index (χ0v) is 16.0. The minimum Gasteiger partial charge on any atom is -0.366 e. The molecule has 6 nitrogen and oxygen atoms in total. The number of nitro groups is 1. The normalized spacial score (nSPS) is 14.9. The van der Waals surface area contributed by atoms with E-state index in [1.54, 1.807) is 12.1 Å². The zero-order valence-electron chi connectivity index (χ0n) is 16.0. The SMILES string of the molecule is Cc1ccc(C)c(NC(=O)c2ccc(N3CCC(C)CC3)c([N+](=O)[O-])c2)c1. The van der Waals surface area contributed by atoms with Crippen LogP contribution in [0, 0.1) is 29.9 Å². The van der Waals surface area contributed by atoms with Crippen molar-refractivity contribution < 1.29 is 9.72 Å². The number of amides is 1. The summed E-state index contributed by atoms with van der Waals surface area (Å²) in [6.07, 6.45) is 2.04. The predicted octanol–water partition coefficient (Wildman–Crippen LogP) is 4.70. The Morgan fingerprint density at radius 3 is 2.52 bits per heavy atom. The highest BCUT2D eigenvalue weighted by Gasteiger charge is 2.24. The van der Waals surface area contributed by atoms with Crippen molar-refractivity contribution in [3.63, 3.8) is 0 Å². The van der Waals surface area contributed by atoms with Crippen LogP contribution in [0.25, 0.3) is 0 Å². The molecular formula is C21H25N3O3. The van der Waals surface area contributed by atoms with E-state index < -0.39 is 4.92 Å². The number of carbonyl (C=O) groups is 1. The Labute approximate surface area is 159 Å². The van der Waals surface area contributed by atoms with Crippen LogP contribution < -0.4 is 10.2 Å². The molecule has 0 aromatic heterocycles. The number of nitrogens with one attached hydrogen (secondary N) is 1. The van der Waals surface area contributed by atoms with E-state index in [9.17, 15) is 14.9 Å². The van der Waals surface area contributed by atoms with Crippen molar-refractivity contribution in [3.05, 3.63) is 63.2 Å². The Morgan fingerprint density at radius 2 is 1.85 bits per heavy atom. The highest BCUT2D eigenvalue weighted by Crippen LogP contribution is 2.32. The summed E-state index contributed by atoms with van der Waals surface area (Å²) < 4.78 is 0. The average Bonchev–Trinajstić information content (AvgIpc) is 2.65. The Balaban J connectivity index is 1.86. The molecule has 0 atom stereocenters. The summed E-state index contributed by atoms with van der Waals surface area (Å²) in [5.41, 5.74) is 3.57. The van der Waals surface area contributed by atoms with Gasteiger partial charge < -0.3 is 10.2 Å². The van der Waals surface area contributed by atoms with Gasteiger partial charge in [0.05, 0.1) is 4.92 Å². The molecule has 3 rings (SSSR count). The minimum absolute atomic E-state index is 0.0156. The topological polar surface area (TPSA) is 75.5 Å². The number of carbonyl (C=O) groups excluding carboxylic acids is 1. The molecule has 1 heterocycles. The van der Waals surface area contributed by atoms with Gasteiger partial charge in [-0.3, -0.25) is 14.9 Å². The van der Waals surface area contributed by atoms with Gasteiger partial charge in [-0.15, -0.1) is 0 Å². The third-order valence-electron chi connectivity index (χ3n) is 5.20. The molecule has 2 aromatic carbocycles. The summed E-state index contributed by atoms with van der Waals surface area (Å²) in [5.74, 6) is 0.300. The van der Waals surface area contributed by atoms with E-state index in [0.29, 0.717) is 11.6 Å². The minimum atomic E-state index is -0.401. The highest BCUT2D eigenvalue weighted by molar-refractivity contribution is 6.05. The van der Waals surface area contributed by atoms with E-state index in [2.05, 4.69) is 12.2 Å². The maximum atomic E-state index is 12.6. The van der Waals surface area contributed by atoms with E-state index >= 15 is 0 Å². The fourth-order valence-electron chi connectivity index (χ4n) is 3.39. The van der Waals surface area contributed by atoms with Gasteiger partial charge in [0, 0.05) is 30.4 Å². The first kappa shape index (κ1) is 18.9. The van der Waals surface area contributed by atoms with E-state index in [1.165, 1.54) is 6.07 Å². The van der Waals surface area contributed by atoms with Crippen LogP contribution in [0.4, 0.5) is 17.1 Å². The summed E-state index contributed by atoms with van der Waals surface area (Å²) in [6, 6.07) is 10.6. The second kappa shape index (κ2) is 7.78. The molecule has 1 saturated heterocycles. The summed E-state index contributed by atoms with van der Waals surface area (Å²) in [7, 11) is 0. The first-order chi connectivity index (χ1) is 12.8. The average molecular weight is 367 g/mol. The number of piperidine rings is 1. The number of rotatable bonds is 4. The van der Waals surface area contributed by atoms with Gasteiger partial charge >= 0.3 is 0 Å². The smallest absolute Gasteiger partial charge is 0.293 e. The molecule has 0 saturated carbocycles. The largest absolute Gasteiger partial charge is 0.366 e. The number of aryl methyl sites for hydroxylation is 2. The van der Waals surface area contributed by atoms with Crippen molar-refractivity contribution in [1.29, 1.82) is 0 Å². The molecule has 2 aromatic rings. The monoisotopic (exact) mass is 367 g/mol. The van der Waals surface area contributed by atoms with Gasteiger partial charge in [-0.05, 0) is 61.9 Å². The zero-order chi connectivity index (χ0) is 19.6. The second-order valence-electron chi connectivity index (χ2n) is 7.40. The van der Waals surface area contributed by atoms with Crippen LogP contribution in [0.5, 0.6) is 0 Å². The summed E-state index contributed by atoms with van der Waals surface area (Å²) in [4.78, 5) is 25.9. The van der Waals surface area contributed by atoms with Crippen molar-refractivity contribution in [2.45, 2.75) is 33.6 Å². The van der Waals surface area contributed by atoms with Crippen molar-refractivity contribution in [1.82, 2.24) is 0 Å². The molecule has 6 heteroatoms. The third-order valence-corrected chi connectivity index (χ3v) is 5.20. The maximum absolute atomic E-state index is 12.6. The van der Waals surface area contributed by atoms with Crippen LogP contribution in [-0.2, 0) is 0 Å². The van der Waals surface area contributed by atoms with Crippen LogP contribution in [-0.4, -0.2) is 23.9 Å². The maximum Gasteiger partial charge on any atom is 0.293 e. The fraction of sp³-hybridized carbons (Fsp3) is 0.381. The van der Waals surface area contributed by atoms with Crippen LogP contribution in [0.2, 0.25) is 0 Å². The van der Waals surface area contributed by atoms with E-state index in [1.807, 2.05) is 36.9 Å². The molecule has 142 valence electrons. The van der Waals surface area contributed by atoms with Crippen molar-refractivity contribution >= 4 is 23.0 Å². The Bertz CT molecular complexity index is 871. The molecule has 1 amide bonds. The molecule has 0 aliphatic carbocycles. The summed E-state index contributed by atoms with van der Waals surface area (Å²) in [5, 5.41) is 14.5. The highest BCUT2D eigenvalue weighted by atomic mass is 16.6. The van der Waals surface area contributed by atoms with Crippen LogP contribution in [0.1, 0.15) is 41.3 Å². The van der Waals surface area contributed by atoms with E-state index in [-0.39, 0.29) is 17.2 Å². The van der Waals surface area contributed by atoms with Gasteiger partial charge in [-0.1, -0.05) is 19.1 Å². The molecule has 1 N–H and O–H groups in total. The molecule has 1 aliphatic heterocycles. The molecule has 0 spiro atoms. The molecule has 0 unspecified atom stereocenters. The number of nitro benzene ring substituents is 1. The fourth-order valence-corrected chi connectivity index (χ4v) is 3.39. The molecule has 1 aliphatic rings. The number of nitrogens with zero attached hydrogens (tertiary/aromatic N) is 2. The first-order valence-electron chi connectivity index (χ1n) is 9.27. The lowest BCUT2D eigenvalue weighted by molar-refractivity contribution is -0.384. The lowest BCUT2D eigenvalue weighted by Gasteiger charge is -2.31. The van der Waals surface area contributed by atoms with E-state index in [0.717, 1.165) is 42.7 Å². The number of benzene rings is 2. The number of hydrogen-bond acceptors (Lipinski definition) is 4. The number of hydrogen-bond donors (Lipinski definition) is 1. The molecule has 1 fully saturated rings. The lowest BCUT2D eigenvalue weighted by atomic mass is 9.98. The Hall–Kier alpha value is -2.89. The molecule has 0 radical (unpaired) electrons. The first-order valence-corrected chi connectivity index (χ1v) is 9.27.